The molecule has 2 aliphatic heterocycles. The van der Waals surface area contributed by atoms with Gasteiger partial charge >= 0.3 is 0 Å². The van der Waals surface area contributed by atoms with E-state index in [1.165, 1.54) is 12.8 Å². The van der Waals surface area contributed by atoms with Crippen LogP contribution in [0.25, 0.3) is 16.9 Å². The first-order valence-corrected chi connectivity index (χ1v) is 11.7. The fourth-order valence-corrected chi connectivity index (χ4v) is 4.84. The molecule has 34 heavy (non-hydrogen) atoms. The molecule has 1 fully saturated rings. The molecule has 2 aliphatic rings. The molecular formula is C24H25Cl3N4O3. The number of amides is 1. The molecule has 1 aromatic heterocycles. The van der Waals surface area contributed by atoms with Crippen molar-refractivity contribution in [1.82, 2.24) is 20.2 Å². The van der Waals surface area contributed by atoms with Gasteiger partial charge in [0, 0.05) is 35.3 Å². The number of hydrazine groups is 1. The number of benzene rings is 2. The monoisotopic (exact) mass is 522 g/mol. The average molecular weight is 524 g/mol. The highest BCUT2D eigenvalue weighted by Gasteiger charge is 2.31. The first-order valence-electron chi connectivity index (χ1n) is 11.0. The number of ether oxygens (including phenoxy) is 2. The van der Waals surface area contributed by atoms with Crippen molar-refractivity contribution >= 4 is 41.5 Å². The lowest BCUT2D eigenvalue weighted by molar-refractivity contribution is 0.0786. The summed E-state index contributed by atoms with van der Waals surface area (Å²) in [6.45, 7) is 1.87. The highest BCUT2D eigenvalue weighted by atomic mass is 35.5. The number of halogens is 3. The quantitative estimate of drug-likeness (QED) is 0.476. The van der Waals surface area contributed by atoms with Crippen LogP contribution in [0.2, 0.25) is 10.0 Å². The van der Waals surface area contributed by atoms with Crippen LogP contribution in [0.4, 0.5) is 0 Å². The van der Waals surface area contributed by atoms with Crippen LogP contribution in [0.3, 0.4) is 0 Å². The first kappa shape index (κ1) is 24.7. The Morgan fingerprint density at radius 2 is 1.85 bits per heavy atom. The van der Waals surface area contributed by atoms with Gasteiger partial charge in [0.25, 0.3) is 5.91 Å². The molecule has 0 saturated carbocycles. The zero-order chi connectivity index (χ0) is 22.9. The number of hydrogen-bond acceptors (Lipinski definition) is 5. The number of nitrogens with zero attached hydrogens (tertiary/aromatic N) is 3. The third-order valence-electron chi connectivity index (χ3n) is 6.02. The third kappa shape index (κ3) is 4.70. The summed E-state index contributed by atoms with van der Waals surface area (Å²) in [5.41, 5.74) is 6.29. The first-order chi connectivity index (χ1) is 16.0. The fraction of sp³-hybridized carbons (Fsp3) is 0.333. The number of rotatable bonds is 4. The van der Waals surface area contributed by atoms with Gasteiger partial charge in [-0.3, -0.25) is 10.2 Å². The molecule has 0 aliphatic carbocycles. The van der Waals surface area contributed by atoms with E-state index in [2.05, 4.69) is 5.43 Å². The minimum atomic E-state index is -0.252. The second-order valence-electron chi connectivity index (χ2n) is 8.18. The SMILES string of the molecule is COc1ccc2c(c1)OCc1c(C(=O)NN3CCCCCC3)nn(-c3ccc(Cl)cc3Cl)c1-2.Cl. The van der Waals surface area contributed by atoms with Crippen molar-refractivity contribution in [2.45, 2.75) is 32.3 Å². The average Bonchev–Trinajstić information content (AvgIpc) is 3.01. The van der Waals surface area contributed by atoms with Gasteiger partial charge in [-0.1, -0.05) is 36.0 Å². The largest absolute Gasteiger partial charge is 0.497 e. The summed E-state index contributed by atoms with van der Waals surface area (Å²) in [6, 6.07) is 10.8. The summed E-state index contributed by atoms with van der Waals surface area (Å²) >= 11 is 12.7. The van der Waals surface area contributed by atoms with Gasteiger partial charge in [0.05, 0.1) is 23.5 Å². The number of carbonyl (C=O) groups is 1. The standard InChI is InChI=1S/C24H24Cl2N4O3.ClH/c1-32-16-7-8-17-21(13-16)33-14-18-22(24(31)28-29-10-4-2-3-5-11-29)27-30(23(17)18)20-9-6-15(25)12-19(20)26;/h6-9,12-13H,2-5,10-11,14H2,1H3,(H,28,31);1H. The molecule has 1 N–H and O–H groups in total. The minimum absolute atomic E-state index is 0. The highest BCUT2D eigenvalue weighted by Crippen LogP contribution is 2.42. The van der Waals surface area contributed by atoms with Crippen molar-refractivity contribution in [3.63, 3.8) is 0 Å². The number of hydrogen-bond donors (Lipinski definition) is 1. The van der Waals surface area contributed by atoms with Crippen molar-refractivity contribution in [3.8, 4) is 28.4 Å². The molecule has 0 radical (unpaired) electrons. The Bertz CT molecular complexity index is 1210. The summed E-state index contributed by atoms with van der Waals surface area (Å²) < 4.78 is 13.1. The maximum Gasteiger partial charge on any atom is 0.286 e. The molecule has 2 aromatic carbocycles. The van der Waals surface area contributed by atoms with E-state index in [0.29, 0.717) is 38.5 Å². The Balaban J connectivity index is 0.00000274. The molecule has 0 spiro atoms. The van der Waals surface area contributed by atoms with Crippen molar-refractivity contribution in [2.75, 3.05) is 20.2 Å². The van der Waals surface area contributed by atoms with Gasteiger partial charge in [-0.2, -0.15) is 5.10 Å². The highest BCUT2D eigenvalue weighted by molar-refractivity contribution is 6.35. The second kappa shape index (κ2) is 10.4. The van der Waals surface area contributed by atoms with Crippen LogP contribution in [0.15, 0.2) is 36.4 Å². The number of methoxy groups -OCH3 is 1. The van der Waals surface area contributed by atoms with E-state index >= 15 is 0 Å². The number of nitrogens with one attached hydrogen (secondary N) is 1. The van der Waals surface area contributed by atoms with Crippen molar-refractivity contribution in [2.24, 2.45) is 0 Å². The predicted molar refractivity (Wildman–Crippen MR) is 135 cm³/mol. The Morgan fingerprint density at radius 1 is 1.09 bits per heavy atom. The molecule has 1 saturated heterocycles. The van der Waals surface area contributed by atoms with Crippen LogP contribution in [0.1, 0.15) is 41.7 Å². The zero-order valence-electron chi connectivity index (χ0n) is 18.6. The summed E-state index contributed by atoms with van der Waals surface area (Å²) in [7, 11) is 1.61. The number of carbonyl (C=O) groups excluding carboxylic acids is 1. The Kier molecular flexibility index (Phi) is 7.57. The van der Waals surface area contributed by atoms with Gasteiger partial charge in [0.15, 0.2) is 5.69 Å². The van der Waals surface area contributed by atoms with Crippen LogP contribution >= 0.6 is 35.6 Å². The smallest absolute Gasteiger partial charge is 0.286 e. The Labute approximate surface area is 214 Å². The van der Waals surface area contributed by atoms with Crippen molar-refractivity contribution < 1.29 is 14.3 Å². The van der Waals surface area contributed by atoms with Crippen LogP contribution in [-0.4, -0.2) is 40.9 Å². The van der Waals surface area contributed by atoms with Gasteiger partial charge in [-0.25, -0.2) is 9.69 Å². The van der Waals surface area contributed by atoms with E-state index in [4.69, 9.17) is 37.8 Å². The molecular weight excluding hydrogens is 499 g/mol. The molecule has 0 unspecified atom stereocenters. The molecule has 5 rings (SSSR count). The van der Waals surface area contributed by atoms with Gasteiger partial charge in [-0.05, 0) is 43.2 Å². The third-order valence-corrected chi connectivity index (χ3v) is 6.56. The lowest BCUT2D eigenvalue weighted by atomic mass is 10.0. The lowest BCUT2D eigenvalue weighted by Crippen LogP contribution is -2.43. The molecule has 3 heterocycles. The molecule has 0 atom stereocenters. The Morgan fingerprint density at radius 3 is 2.56 bits per heavy atom. The van der Waals surface area contributed by atoms with Crippen LogP contribution < -0.4 is 14.9 Å². The summed E-state index contributed by atoms with van der Waals surface area (Å²) in [6.07, 6.45) is 4.48. The maximum absolute atomic E-state index is 13.3. The molecule has 3 aromatic rings. The number of fused-ring (bicyclic) bond motifs is 3. The zero-order valence-corrected chi connectivity index (χ0v) is 21.0. The maximum atomic E-state index is 13.3. The van der Waals surface area contributed by atoms with E-state index < -0.39 is 0 Å². The van der Waals surface area contributed by atoms with E-state index in [1.807, 2.05) is 23.2 Å². The van der Waals surface area contributed by atoms with E-state index in [1.54, 1.807) is 30.0 Å². The topological polar surface area (TPSA) is 68.6 Å². The van der Waals surface area contributed by atoms with Gasteiger partial charge in [0.1, 0.15) is 18.1 Å². The van der Waals surface area contributed by atoms with Gasteiger partial charge in [0.2, 0.25) is 0 Å². The van der Waals surface area contributed by atoms with Gasteiger partial charge < -0.3 is 9.47 Å². The second-order valence-corrected chi connectivity index (χ2v) is 9.02. The van der Waals surface area contributed by atoms with Crippen LogP contribution in [0, 0.1) is 0 Å². The van der Waals surface area contributed by atoms with Crippen molar-refractivity contribution in [1.29, 1.82) is 0 Å². The molecule has 7 nitrogen and oxygen atoms in total. The fourth-order valence-electron chi connectivity index (χ4n) is 4.35. The normalized spacial score (nSPS) is 15.3. The number of aromatic nitrogens is 2. The molecule has 0 bridgehead atoms. The van der Waals surface area contributed by atoms with E-state index in [-0.39, 0.29) is 24.9 Å². The summed E-state index contributed by atoms with van der Waals surface area (Å²) in [5, 5.41) is 7.67. The minimum Gasteiger partial charge on any atom is -0.497 e. The molecule has 1 amide bonds. The summed E-state index contributed by atoms with van der Waals surface area (Å²) in [5.74, 6) is 1.09. The van der Waals surface area contributed by atoms with E-state index in [9.17, 15) is 4.79 Å². The van der Waals surface area contributed by atoms with Crippen molar-refractivity contribution in [3.05, 3.63) is 57.7 Å². The molecule has 180 valence electrons. The van der Waals surface area contributed by atoms with E-state index in [0.717, 1.165) is 37.2 Å². The summed E-state index contributed by atoms with van der Waals surface area (Å²) in [4.78, 5) is 13.3. The van der Waals surface area contributed by atoms with Gasteiger partial charge in [-0.15, -0.1) is 12.4 Å². The van der Waals surface area contributed by atoms with Crippen LogP contribution in [0.5, 0.6) is 11.5 Å². The molecule has 10 heteroatoms. The predicted octanol–water partition coefficient (Wildman–Crippen LogP) is 5.69. The lowest BCUT2D eigenvalue weighted by Gasteiger charge is -2.22. The Hall–Kier alpha value is -2.45. The van der Waals surface area contributed by atoms with Crippen LogP contribution in [-0.2, 0) is 6.61 Å².